The van der Waals surface area contributed by atoms with Gasteiger partial charge in [-0.2, -0.15) is 0 Å². The number of aromatic nitrogens is 3. The highest BCUT2D eigenvalue weighted by atomic mass is 32.1. The minimum Gasteiger partial charge on any atom is -0.396 e. The van der Waals surface area contributed by atoms with E-state index in [1.54, 1.807) is 17.6 Å². The summed E-state index contributed by atoms with van der Waals surface area (Å²) in [4.78, 5) is 16.3. The van der Waals surface area contributed by atoms with Crippen LogP contribution in [0.1, 0.15) is 36.0 Å². The van der Waals surface area contributed by atoms with E-state index < -0.39 is 0 Å². The van der Waals surface area contributed by atoms with Crippen LogP contribution in [0.4, 0.5) is 10.9 Å². The Balaban J connectivity index is 1.55. The van der Waals surface area contributed by atoms with Crippen LogP contribution in [0.15, 0.2) is 23.8 Å². The monoisotopic (exact) mass is 333 g/mol. The number of rotatable bonds is 7. The van der Waals surface area contributed by atoms with Gasteiger partial charge in [-0.25, -0.2) is 4.98 Å². The number of pyridine rings is 1. The molecule has 1 aliphatic rings. The fraction of sp³-hybridized carbons (Fsp3) is 0.467. The number of amides is 1. The standard InChI is InChI=1S/C15H19N5O2S/c21-7-6-15(4-1-5-15)9-17-12-3-2-11(8-16-12)13(22)19-14-20-18-10-23-14/h2-3,8,10,21H,1,4-7,9H2,(H,16,17)(H,19,20,22). The van der Waals surface area contributed by atoms with Gasteiger partial charge in [0.25, 0.3) is 5.91 Å². The van der Waals surface area contributed by atoms with Crippen LogP contribution in [-0.2, 0) is 0 Å². The summed E-state index contributed by atoms with van der Waals surface area (Å²) < 4.78 is 0. The fourth-order valence-electron chi connectivity index (χ4n) is 2.74. The maximum Gasteiger partial charge on any atom is 0.259 e. The molecule has 0 unspecified atom stereocenters. The third kappa shape index (κ3) is 3.83. The Morgan fingerprint density at radius 1 is 1.39 bits per heavy atom. The van der Waals surface area contributed by atoms with Gasteiger partial charge in [0.05, 0.1) is 5.56 Å². The molecule has 0 atom stereocenters. The number of nitrogens with one attached hydrogen (secondary N) is 2. The van der Waals surface area contributed by atoms with Crippen LogP contribution < -0.4 is 10.6 Å². The van der Waals surface area contributed by atoms with Crippen molar-refractivity contribution < 1.29 is 9.90 Å². The average Bonchev–Trinajstić information content (AvgIpc) is 3.03. The van der Waals surface area contributed by atoms with E-state index in [4.69, 9.17) is 0 Å². The van der Waals surface area contributed by atoms with E-state index in [0.29, 0.717) is 10.7 Å². The normalized spacial score (nSPS) is 15.7. The lowest BCUT2D eigenvalue weighted by atomic mass is 9.67. The van der Waals surface area contributed by atoms with E-state index in [1.807, 2.05) is 0 Å². The maximum atomic E-state index is 12.0. The van der Waals surface area contributed by atoms with Gasteiger partial charge in [-0.3, -0.25) is 10.1 Å². The zero-order valence-corrected chi connectivity index (χ0v) is 13.5. The summed E-state index contributed by atoms with van der Waals surface area (Å²) >= 11 is 1.27. The highest BCUT2D eigenvalue weighted by Crippen LogP contribution is 2.43. The lowest BCUT2D eigenvalue weighted by Gasteiger charge is -2.41. The number of aliphatic hydroxyl groups is 1. The minimum absolute atomic E-state index is 0.199. The van der Waals surface area contributed by atoms with Crippen LogP contribution >= 0.6 is 11.3 Å². The molecule has 7 nitrogen and oxygen atoms in total. The molecule has 0 spiro atoms. The molecule has 0 bridgehead atoms. The Hall–Kier alpha value is -2.06. The second-order valence-electron chi connectivity index (χ2n) is 5.81. The van der Waals surface area contributed by atoms with E-state index in [-0.39, 0.29) is 17.9 Å². The van der Waals surface area contributed by atoms with Crippen molar-refractivity contribution in [2.75, 3.05) is 23.8 Å². The molecule has 0 radical (unpaired) electrons. The summed E-state index contributed by atoms with van der Waals surface area (Å²) in [6.45, 7) is 1.02. The molecule has 3 N–H and O–H groups in total. The number of anilines is 2. The highest BCUT2D eigenvalue weighted by Gasteiger charge is 2.36. The fourth-order valence-corrected chi connectivity index (χ4v) is 3.18. The lowest BCUT2D eigenvalue weighted by molar-refractivity contribution is 0.101. The molecule has 8 heteroatoms. The van der Waals surface area contributed by atoms with E-state index in [9.17, 15) is 9.90 Å². The Labute approximate surface area is 138 Å². The van der Waals surface area contributed by atoms with Crippen molar-refractivity contribution in [2.45, 2.75) is 25.7 Å². The molecule has 0 aromatic carbocycles. The van der Waals surface area contributed by atoms with Crippen molar-refractivity contribution in [3.8, 4) is 0 Å². The van der Waals surface area contributed by atoms with Crippen LogP contribution in [0.25, 0.3) is 0 Å². The van der Waals surface area contributed by atoms with Gasteiger partial charge in [0.1, 0.15) is 11.3 Å². The van der Waals surface area contributed by atoms with Gasteiger partial charge in [0, 0.05) is 19.3 Å². The van der Waals surface area contributed by atoms with Gasteiger partial charge in [0.15, 0.2) is 0 Å². The van der Waals surface area contributed by atoms with E-state index in [0.717, 1.165) is 31.6 Å². The third-order valence-corrected chi connectivity index (χ3v) is 4.91. The molecule has 3 rings (SSSR count). The number of hydrogen-bond acceptors (Lipinski definition) is 7. The van der Waals surface area contributed by atoms with Crippen LogP contribution in [0, 0.1) is 5.41 Å². The molecule has 1 aliphatic carbocycles. The first-order valence-electron chi connectivity index (χ1n) is 7.59. The van der Waals surface area contributed by atoms with Crippen molar-refractivity contribution >= 4 is 28.2 Å². The second-order valence-corrected chi connectivity index (χ2v) is 6.64. The first-order chi connectivity index (χ1) is 11.2. The Morgan fingerprint density at radius 2 is 2.26 bits per heavy atom. The minimum atomic E-state index is -0.253. The summed E-state index contributed by atoms with van der Waals surface area (Å²) in [5.41, 5.74) is 2.23. The Bertz CT molecular complexity index is 640. The molecule has 1 saturated carbocycles. The van der Waals surface area contributed by atoms with Gasteiger partial charge < -0.3 is 10.4 Å². The lowest BCUT2D eigenvalue weighted by Crippen LogP contribution is -2.37. The third-order valence-electron chi connectivity index (χ3n) is 4.31. The summed E-state index contributed by atoms with van der Waals surface area (Å²) in [6, 6.07) is 3.52. The van der Waals surface area contributed by atoms with Crippen LogP contribution in [0.3, 0.4) is 0 Å². The summed E-state index contributed by atoms with van der Waals surface area (Å²) in [6.07, 6.45) is 5.87. The second kappa shape index (κ2) is 7.01. The zero-order chi connectivity index (χ0) is 16.1. The highest BCUT2D eigenvalue weighted by molar-refractivity contribution is 7.13. The van der Waals surface area contributed by atoms with Gasteiger partial charge >= 0.3 is 0 Å². The van der Waals surface area contributed by atoms with Gasteiger partial charge in [-0.05, 0) is 36.8 Å². The smallest absolute Gasteiger partial charge is 0.259 e. The average molecular weight is 333 g/mol. The van der Waals surface area contributed by atoms with Crippen LogP contribution in [0.2, 0.25) is 0 Å². The van der Waals surface area contributed by atoms with Crippen molar-refractivity contribution in [3.05, 3.63) is 29.4 Å². The van der Waals surface area contributed by atoms with E-state index >= 15 is 0 Å². The number of nitrogens with zero attached hydrogens (tertiary/aromatic N) is 3. The molecule has 2 aromatic rings. The molecule has 23 heavy (non-hydrogen) atoms. The molecule has 2 aromatic heterocycles. The molecule has 1 fully saturated rings. The Morgan fingerprint density at radius 3 is 2.83 bits per heavy atom. The topological polar surface area (TPSA) is 100 Å². The first-order valence-corrected chi connectivity index (χ1v) is 8.47. The van der Waals surface area contributed by atoms with E-state index in [1.165, 1.54) is 24.0 Å². The van der Waals surface area contributed by atoms with Gasteiger partial charge in [0.2, 0.25) is 5.13 Å². The number of aliphatic hydroxyl groups excluding tert-OH is 1. The molecule has 122 valence electrons. The van der Waals surface area contributed by atoms with Crippen LogP contribution in [-0.4, -0.2) is 39.3 Å². The summed E-state index contributed by atoms with van der Waals surface area (Å²) in [5, 5.41) is 23.1. The summed E-state index contributed by atoms with van der Waals surface area (Å²) in [5.74, 6) is 0.484. The van der Waals surface area contributed by atoms with Gasteiger partial charge in [-0.15, -0.1) is 10.2 Å². The molecular formula is C15H19N5O2S. The zero-order valence-electron chi connectivity index (χ0n) is 12.7. The molecular weight excluding hydrogens is 314 g/mol. The molecule has 2 heterocycles. The number of carbonyl (C=O) groups is 1. The van der Waals surface area contributed by atoms with Crippen molar-refractivity contribution in [1.29, 1.82) is 0 Å². The Kier molecular flexibility index (Phi) is 4.82. The quantitative estimate of drug-likeness (QED) is 0.718. The molecule has 1 amide bonds. The van der Waals surface area contributed by atoms with Crippen LogP contribution in [0.5, 0.6) is 0 Å². The first kappa shape index (κ1) is 15.8. The largest absolute Gasteiger partial charge is 0.396 e. The van der Waals surface area contributed by atoms with Crippen molar-refractivity contribution in [3.63, 3.8) is 0 Å². The predicted octanol–water partition coefficient (Wildman–Crippen LogP) is 2.15. The van der Waals surface area contributed by atoms with Crippen molar-refractivity contribution in [2.24, 2.45) is 5.41 Å². The van der Waals surface area contributed by atoms with Crippen molar-refractivity contribution in [1.82, 2.24) is 15.2 Å². The maximum absolute atomic E-state index is 12.0. The molecule has 0 aliphatic heterocycles. The molecule has 0 saturated heterocycles. The number of hydrogen-bond donors (Lipinski definition) is 3. The van der Waals surface area contributed by atoms with E-state index in [2.05, 4.69) is 25.8 Å². The summed E-state index contributed by atoms with van der Waals surface area (Å²) in [7, 11) is 0. The SMILES string of the molecule is O=C(Nc1nncs1)c1ccc(NCC2(CCO)CCC2)nc1. The predicted molar refractivity (Wildman–Crippen MR) is 88.6 cm³/mol. The number of carbonyl (C=O) groups excluding carboxylic acids is 1. The van der Waals surface area contributed by atoms with Gasteiger partial charge in [-0.1, -0.05) is 17.8 Å².